The molecule has 2 aromatic rings. The summed E-state index contributed by atoms with van der Waals surface area (Å²) in [6.07, 6.45) is -0.990. The van der Waals surface area contributed by atoms with Crippen molar-refractivity contribution in [3.05, 3.63) is 54.0 Å². The molecule has 1 amide bonds. The predicted molar refractivity (Wildman–Crippen MR) is 126 cm³/mol. The minimum Gasteiger partial charge on any atom is -0.449 e. The number of carbonyl (C=O) groups excluding carboxylic acids is 1. The molecule has 2 fully saturated rings. The lowest BCUT2D eigenvalue weighted by Gasteiger charge is -2.44. The smallest absolute Gasteiger partial charge is 0.434 e. The molecule has 0 saturated carbocycles. The maximum absolute atomic E-state index is 12.9. The molecule has 4 rings (SSSR count). The van der Waals surface area contributed by atoms with E-state index in [4.69, 9.17) is 4.74 Å². The van der Waals surface area contributed by atoms with Crippen molar-refractivity contribution in [3.63, 3.8) is 0 Å². The maximum Gasteiger partial charge on any atom is 0.434 e. The lowest BCUT2D eigenvalue weighted by atomic mass is 9.97. The Labute approximate surface area is 203 Å². The largest absolute Gasteiger partial charge is 0.449 e. The number of piperidine rings is 1. The van der Waals surface area contributed by atoms with E-state index in [1.807, 2.05) is 24.8 Å². The van der Waals surface area contributed by atoms with Crippen molar-refractivity contribution >= 4 is 11.9 Å². The van der Waals surface area contributed by atoms with Crippen molar-refractivity contribution in [2.45, 2.75) is 51.5 Å². The molecule has 1 aromatic heterocycles. The highest BCUT2D eigenvalue weighted by Gasteiger charge is 2.36. The number of nitrogens with zero attached hydrogens (tertiary/aromatic N) is 5. The second kappa shape index (κ2) is 10.8. The van der Waals surface area contributed by atoms with Crippen LogP contribution >= 0.6 is 0 Å². The number of anilines is 1. The Morgan fingerprint density at radius 3 is 2.26 bits per heavy atom. The summed E-state index contributed by atoms with van der Waals surface area (Å²) in [6, 6.07) is 10.1. The third-order valence-electron chi connectivity index (χ3n) is 6.78. The molecule has 0 unspecified atom stereocenters. The van der Waals surface area contributed by atoms with Gasteiger partial charge in [-0.05, 0) is 51.3 Å². The number of aromatic nitrogens is 2. The van der Waals surface area contributed by atoms with Crippen molar-refractivity contribution in [1.82, 2.24) is 19.8 Å². The van der Waals surface area contributed by atoms with Crippen LogP contribution in [0.2, 0.25) is 0 Å². The standard InChI is InChI=1S/C25H32F3N5O2/c1-18-14-32(23-13-29-22(12-30-23)25(26,27)28)15-19(2)33(18)24(34)35-17-21-8-10-31(11-9-21)16-20-6-4-3-5-7-20/h3-7,12-13,18-19,21H,8-11,14-17H2,1-2H3/t18-,19-/m1/s1. The van der Waals surface area contributed by atoms with Gasteiger partial charge < -0.3 is 9.64 Å². The molecule has 0 radical (unpaired) electrons. The first kappa shape index (κ1) is 25.2. The fourth-order valence-corrected chi connectivity index (χ4v) is 4.92. The first-order chi connectivity index (χ1) is 16.7. The molecule has 0 N–H and O–H groups in total. The lowest BCUT2D eigenvalue weighted by molar-refractivity contribution is -0.141. The molecular weight excluding hydrogens is 459 g/mol. The third kappa shape index (κ3) is 6.42. The van der Waals surface area contributed by atoms with Crippen LogP contribution in [-0.4, -0.2) is 70.7 Å². The maximum atomic E-state index is 12.9. The van der Waals surface area contributed by atoms with Gasteiger partial charge in [0.05, 0.1) is 31.1 Å². The Kier molecular flexibility index (Phi) is 7.78. The van der Waals surface area contributed by atoms with Crippen LogP contribution in [0.3, 0.4) is 0 Å². The van der Waals surface area contributed by atoms with Gasteiger partial charge in [-0.3, -0.25) is 9.80 Å². The number of benzene rings is 1. The number of alkyl halides is 3. The molecule has 2 aliphatic heterocycles. The highest BCUT2D eigenvalue weighted by molar-refractivity contribution is 5.69. The van der Waals surface area contributed by atoms with Gasteiger partial charge in [0.1, 0.15) is 5.82 Å². The molecular formula is C25H32F3N5O2. The molecule has 3 heterocycles. The number of halogens is 3. The molecule has 10 heteroatoms. The molecule has 0 spiro atoms. The van der Waals surface area contributed by atoms with E-state index in [0.29, 0.717) is 31.4 Å². The fraction of sp³-hybridized carbons (Fsp3) is 0.560. The first-order valence-corrected chi connectivity index (χ1v) is 12.1. The van der Waals surface area contributed by atoms with Crippen molar-refractivity contribution < 1.29 is 22.7 Å². The Morgan fingerprint density at radius 2 is 1.69 bits per heavy atom. The van der Waals surface area contributed by atoms with E-state index in [1.54, 1.807) is 4.90 Å². The SMILES string of the molecule is C[C@@H]1CN(c2cnc(C(F)(F)F)cn2)C[C@@H](C)N1C(=O)OCC1CCN(Cc2ccccc2)CC1. The van der Waals surface area contributed by atoms with Crippen LogP contribution in [0, 0.1) is 5.92 Å². The molecule has 0 aliphatic carbocycles. The van der Waals surface area contributed by atoms with E-state index in [-0.39, 0.29) is 18.2 Å². The molecule has 2 aliphatic rings. The van der Waals surface area contributed by atoms with E-state index in [9.17, 15) is 18.0 Å². The van der Waals surface area contributed by atoms with Gasteiger partial charge in [-0.2, -0.15) is 13.2 Å². The molecule has 35 heavy (non-hydrogen) atoms. The number of hydrogen-bond donors (Lipinski definition) is 0. The zero-order chi connectivity index (χ0) is 25.0. The monoisotopic (exact) mass is 491 g/mol. The van der Waals surface area contributed by atoms with Crippen LogP contribution in [0.15, 0.2) is 42.7 Å². The summed E-state index contributed by atoms with van der Waals surface area (Å²) in [6.45, 7) is 8.01. The topological polar surface area (TPSA) is 61.8 Å². The molecule has 1 aromatic carbocycles. The Balaban J connectivity index is 1.24. The third-order valence-corrected chi connectivity index (χ3v) is 6.78. The molecule has 7 nitrogen and oxygen atoms in total. The average molecular weight is 492 g/mol. The number of hydrogen-bond acceptors (Lipinski definition) is 6. The normalized spacial score (nSPS) is 22.3. The van der Waals surface area contributed by atoms with Crippen LogP contribution in [0.4, 0.5) is 23.8 Å². The Bertz CT molecular complexity index is 953. The van der Waals surface area contributed by atoms with Crippen molar-refractivity contribution in [1.29, 1.82) is 0 Å². The van der Waals surface area contributed by atoms with Gasteiger partial charge in [-0.15, -0.1) is 0 Å². The van der Waals surface area contributed by atoms with E-state index < -0.39 is 11.9 Å². The van der Waals surface area contributed by atoms with E-state index in [2.05, 4.69) is 39.1 Å². The lowest BCUT2D eigenvalue weighted by Crippen LogP contribution is -2.59. The van der Waals surface area contributed by atoms with Gasteiger partial charge in [0.25, 0.3) is 0 Å². The van der Waals surface area contributed by atoms with Gasteiger partial charge in [-0.1, -0.05) is 30.3 Å². The number of amides is 1. The zero-order valence-corrected chi connectivity index (χ0v) is 20.1. The number of likely N-dealkylation sites (tertiary alicyclic amines) is 1. The summed E-state index contributed by atoms with van der Waals surface area (Å²) in [4.78, 5) is 26.3. The van der Waals surface area contributed by atoms with Gasteiger partial charge >= 0.3 is 12.3 Å². The van der Waals surface area contributed by atoms with E-state index in [1.165, 1.54) is 5.56 Å². The van der Waals surface area contributed by atoms with E-state index >= 15 is 0 Å². The van der Waals surface area contributed by atoms with Crippen molar-refractivity contribution in [2.24, 2.45) is 5.92 Å². The van der Waals surface area contributed by atoms with Gasteiger partial charge in [-0.25, -0.2) is 14.8 Å². The summed E-state index contributed by atoms with van der Waals surface area (Å²) in [7, 11) is 0. The van der Waals surface area contributed by atoms with Crippen LogP contribution in [0.5, 0.6) is 0 Å². The average Bonchev–Trinajstić information content (AvgIpc) is 2.83. The van der Waals surface area contributed by atoms with Crippen molar-refractivity contribution in [2.75, 3.05) is 37.7 Å². The summed E-state index contributed by atoms with van der Waals surface area (Å²) in [5.74, 6) is 0.715. The highest BCUT2D eigenvalue weighted by atomic mass is 19.4. The predicted octanol–water partition coefficient (Wildman–Crippen LogP) is 4.44. The minimum absolute atomic E-state index is 0.178. The van der Waals surface area contributed by atoms with Crippen LogP contribution < -0.4 is 4.90 Å². The van der Waals surface area contributed by atoms with Crippen molar-refractivity contribution in [3.8, 4) is 0 Å². The van der Waals surface area contributed by atoms with Crippen LogP contribution in [0.25, 0.3) is 0 Å². The molecule has 190 valence electrons. The summed E-state index contributed by atoms with van der Waals surface area (Å²) in [5, 5.41) is 0. The minimum atomic E-state index is -4.52. The quantitative estimate of drug-likeness (QED) is 0.616. The summed E-state index contributed by atoms with van der Waals surface area (Å²) >= 11 is 0. The second-order valence-corrected chi connectivity index (χ2v) is 9.55. The number of ether oxygens (including phenoxy) is 1. The van der Waals surface area contributed by atoms with Crippen LogP contribution in [0.1, 0.15) is 37.9 Å². The molecule has 2 saturated heterocycles. The van der Waals surface area contributed by atoms with E-state index in [0.717, 1.165) is 44.9 Å². The van der Waals surface area contributed by atoms with Gasteiger partial charge in [0.15, 0.2) is 5.69 Å². The van der Waals surface area contributed by atoms with Gasteiger partial charge in [0, 0.05) is 19.6 Å². The highest BCUT2D eigenvalue weighted by Crippen LogP contribution is 2.28. The Morgan fingerprint density at radius 1 is 1.03 bits per heavy atom. The van der Waals surface area contributed by atoms with Crippen LogP contribution in [-0.2, 0) is 17.5 Å². The Hall–Kier alpha value is -2.88. The number of piperazine rings is 1. The number of rotatable bonds is 5. The molecule has 0 bridgehead atoms. The first-order valence-electron chi connectivity index (χ1n) is 12.1. The summed E-state index contributed by atoms with van der Waals surface area (Å²) < 4.78 is 44.0. The number of carbonyl (C=O) groups is 1. The second-order valence-electron chi connectivity index (χ2n) is 9.55. The zero-order valence-electron chi connectivity index (χ0n) is 20.1. The van der Waals surface area contributed by atoms with Gasteiger partial charge in [0.2, 0.25) is 0 Å². The molecule has 2 atom stereocenters. The fourth-order valence-electron chi connectivity index (χ4n) is 4.92. The summed E-state index contributed by atoms with van der Waals surface area (Å²) in [5.41, 5.74) is 0.289.